The topological polar surface area (TPSA) is 73.2 Å². The number of hydrogen-bond donors (Lipinski definition) is 1. The molecule has 28 heavy (non-hydrogen) atoms. The summed E-state index contributed by atoms with van der Waals surface area (Å²) in [4.78, 5) is 32.1. The average molecular weight is 398 g/mol. The summed E-state index contributed by atoms with van der Waals surface area (Å²) >= 11 is 1.61. The lowest BCUT2D eigenvalue weighted by molar-refractivity contribution is -0.116. The maximum atomic E-state index is 13.0. The van der Waals surface area contributed by atoms with Crippen molar-refractivity contribution in [1.82, 2.24) is 9.55 Å². The molecule has 1 aliphatic carbocycles. The number of aromatic nitrogens is 2. The molecule has 7 heteroatoms. The van der Waals surface area contributed by atoms with Gasteiger partial charge >= 0.3 is 0 Å². The smallest absolute Gasteiger partial charge is 0.262 e. The summed E-state index contributed by atoms with van der Waals surface area (Å²) in [7, 11) is 0. The first-order chi connectivity index (χ1) is 13.6. The second kappa shape index (κ2) is 7.75. The Bertz CT molecular complexity index is 1090. The number of rotatable bonds is 5. The van der Waals surface area contributed by atoms with Gasteiger partial charge in [0.2, 0.25) is 5.91 Å². The molecule has 0 bridgehead atoms. The van der Waals surface area contributed by atoms with Crippen LogP contribution in [0, 0.1) is 5.92 Å². The fraction of sp³-hybridized carbons (Fsp3) is 0.381. The molecule has 1 aliphatic rings. The van der Waals surface area contributed by atoms with E-state index in [1.54, 1.807) is 23.5 Å². The van der Waals surface area contributed by atoms with Crippen LogP contribution < -0.4 is 15.6 Å². The summed E-state index contributed by atoms with van der Waals surface area (Å²) in [5, 5.41) is 3.52. The lowest BCUT2D eigenvalue weighted by Crippen LogP contribution is -2.28. The molecule has 3 aromatic rings. The SMILES string of the molecule is CCOc1ccccc1NC(=O)Cn1cnc2sc3c(c2c1=O)CCC(C)C3. The molecular weight excluding hydrogens is 374 g/mol. The molecule has 1 N–H and O–H groups in total. The highest BCUT2D eigenvalue weighted by molar-refractivity contribution is 7.18. The van der Waals surface area contributed by atoms with Crippen molar-refractivity contribution in [2.45, 2.75) is 39.7 Å². The van der Waals surface area contributed by atoms with Crippen molar-refractivity contribution in [2.75, 3.05) is 11.9 Å². The minimum absolute atomic E-state index is 0.0801. The fourth-order valence-electron chi connectivity index (χ4n) is 3.67. The summed E-state index contributed by atoms with van der Waals surface area (Å²) in [6.07, 6.45) is 4.47. The number of aryl methyl sites for hydroxylation is 1. The van der Waals surface area contributed by atoms with Gasteiger partial charge in [-0.1, -0.05) is 19.1 Å². The Kier molecular flexibility index (Phi) is 5.17. The number of anilines is 1. The van der Waals surface area contributed by atoms with Gasteiger partial charge in [0.05, 0.1) is 24.0 Å². The number of amides is 1. The monoisotopic (exact) mass is 397 g/mol. The van der Waals surface area contributed by atoms with Crippen molar-refractivity contribution in [3.8, 4) is 5.75 Å². The minimum atomic E-state index is -0.284. The van der Waals surface area contributed by atoms with Crippen LogP contribution in [0.4, 0.5) is 5.69 Å². The Balaban J connectivity index is 1.59. The van der Waals surface area contributed by atoms with E-state index in [1.807, 2.05) is 19.1 Å². The van der Waals surface area contributed by atoms with Gasteiger partial charge in [-0.25, -0.2) is 4.98 Å². The van der Waals surface area contributed by atoms with E-state index in [2.05, 4.69) is 17.2 Å². The van der Waals surface area contributed by atoms with Crippen LogP contribution in [-0.2, 0) is 24.2 Å². The molecule has 0 fully saturated rings. The third kappa shape index (κ3) is 3.54. The zero-order valence-corrected chi connectivity index (χ0v) is 16.8. The van der Waals surface area contributed by atoms with Crippen molar-refractivity contribution in [1.29, 1.82) is 0 Å². The standard InChI is InChI=1S/C21H23N3O3S/c1-3-27-16-7-5-4-6-15(16)23-18(25)11-24-12-22-20-19(21(24)26)14-9-8-13(2)10-17(14)28-20/h4-7,12-13H,3,8-11H2,1-2H3,(H,23,25). The number of carbonyl (C=O) groups is 1. The van der Waals surface area contributed by atoms with Gasteiger partial charge in [-0.05, 0) is 49.8 Å². The normalized spacial score (nSPS) is 16.0. The number of fused-ring (bicyclic) bond motifs is 3. The molecule has 0 saturated carbocycles. The van der Waals surface area contributed by atoms with Crippen LogP contribution in [0.1, 0.15) is 30.7 Å². The number of benzene rings is 1. The molecule has 0 saturated heterocycles. The van der Waals surface area contributed by atoms with Crippen LogP contribution in [0.3, 0.4) is 0 Å². The zero-order valence-electron chi connectivity index (χ0n) is 16.0. The molecule has 1 unspecified atom stereocenters. The van der Waals surface area contributed by atoms with E-state index in [-0.39, 0.29) is 18.0 Å². The lowest BCUT2D eigenvalue weighted by Gasteiger charge is -2.17. The van der Waals surface area contributed by atoms with E-state index in [1.165, 1.54) is 15.8 Å². The van der Waals surface area contributed by atoms with Gasteiger partial charge in [0.15, 0.2) is 0 Å². The molecule has 1 aromatic carbocycles. The Morgan fingerprint density at radius 1 is 1.39 bits per heavy atom. The molecule has 4 rings (SSSR count). The first-order valence-corrected chi connectivity index (χ1v) is 10.4. The van der Waals surface area contributed by atoms with Crippen LogP contribution >= 0.6 is 11.3 Å². The number of hydrogen-bond acceptors (Lipinski definition) is 5. The molecule has 0 spiro atoms. The van der Waals surface area contributed by atoms with Gasteiger partial charge in [0.1, 0.15) is 17.1 Å². The highest BCUT2D eigenvalue weighted by atomic mass is 32.1. The molecular formula is C21H23N3O3S. The average Bonchev–Trinajstić information content (AvgIpc) is 3.04. The van der Waals surface area contributed by atoms with E-state index >= 15 is 0 Å². The molecule has 0 aliphatic heterocycles. The quantitative estimate of drug-likeness (QED) is 0.714. The molecule has 6 nitrogen and oxygen atoms in total. The molecule has 2 aromatic heterocycles. The number of carbonyl (C=O) groups excluding carboxylic acids is 1. The van der Waals surface area contributed by atoms with E-state index in [9.17, 15) is 9.59 Å². The Morgan fingerprint density at radius 3 is 3.04 bits per heavy atom. The maximum absolute atomic E-state index is 13.0. The van der Waals surface area contributed by atoms with Crippen LogP contribution in [0.2, 0.25) is 0 Å². The highest BCUT2D eigenvalue weighted by Crippen LogP contribution is 2.35. The van der Waals surface area contributed by atoms with Gasteiger partial charge in [0.25, 0.3) is 5.56 Å². The Hall–Kier alpha value is -2.67. The summed E-state index contributed by atoms with van der Waals surface area (Å²) in [6, 6.07) is 7.27. The molecule has 146 valence electrons. The van der Waals surface area contributed by atoms with Crippen LogP contribution in [0.15, 0.2) is 35.4 Å². The van der Waals surface area contributed by atoms with E-state index < -0.39 is 0 Å². The number of thiophene rings is 1. The summed E-state index contributed by atoms with van der Waals surface area (Å²) < 4.78 is 6.93. The molecule has 2 heterocycles. The van der Waals surface area contributed by atoms with Crippen molar-refractivity contribution >= 4 is 33.1 Å². The van der Waals surface area contributed by atoms with Crippen molar-refractivity contribution in [3.05, 3.63) is 51.4 Å². The molecule has 0 radical (unpaired) electrons. The van der Waals surface area contributed by atoms with Crippen LogP contribution in [0.25, 0.3) is 10.2 Å². The number of nitrogens with zero attached hydrogens (tertiary/aromatic N) is 2. The van der Waals surface area contributed by atoms with Gasteiger partial charge in [-0.15, -0.1) is 11.3 Å². The third-order valence-electron chi connectivity index (χ3n) is 5.06. The number of para-hydroxylation sites is 2. The summed E-state index contributed by atoms with van der Waals surface area (Å²) in [5.41, 5.74) is 1.59. The maximum Gasteiger partial charge on any atom is 0.262 e. The van der Waals surface area contributed by atoms with E-state index in [0.29, 0.717) is 29.3 Å². The van der Waals surface area contributed by atoms with E-state index in [0.717, 1.165) is 29.7 Å². The minimum Gasteiger partial charge on any atom is -0.492 e. The van der Waals surface area contributed by atoms with Crippen molar-refractivity contribution in [3.63, 3.8) is 0 Å². The lowest BCUT2D eigenvalue weighted by atomic mass is 9.89. The van der Waals surface area contributed by atoms with Gasteiger partial charge < -0.3 is 10.1 Å². The Labute approximate surface area is 167 Å². The van der Waals surface area contributed by atoms with Crippen LogP contribution in [0.5, 0.6) is 5.75 Å². The number of ether oxygens (including phenoxy) is 1. The zero-order chi connectivity index (χ0) is 19.7. The Morgan fingerprint density at radius 2 is 2.21 bits per heavy atom. The van der Waals surface area contributed by atoms with Gasteiger partial charge in [-0.3, -0.25) is 14.2 Å². The first-order valence-electron chi connectivity index (χ1n) is 9.58. The second-order valence-electron chi connectivity index (χ2n) is 7.19. The predicted molar refractivity (Wildman–Crippen MR) is 111 cm³/mol. The van der Waals surface area contributed by atoms with Crippen molar-refractivity contribution < 1.29 is 9.53 Å². The first kappa shape index (κ1) is 18.7. The van der Waals surface area contributed by atoms with Gasteiger partial charge in [0, 0.05) is 4.88 Å². The number of nitrogens with one attached hydrogen (secondary N) is 1. The molecule has 1 atom stereocenters. The fourth-order valence-corrected chi connectivity index (χ4v) is 5.02. The summed E-state index contributed by atoms with van der Waals surface area (Å²) in [5.74, 6) is 0.965. The predicted octanol–water partition coefficient (Wildman–Crippen LogP) is 3.62. The second-order valence-corrected chi connectivity index (χ2v) is 8.27. The highest BCUT2D eigenvalue weighted by Gasteiger charge is 2.23. The van der Waals surface area contributed by atoms with Gasteiger partial charge in [-0.2, -0.15) is 0 Å². The van der Waals surface area contributed by atoms with Crippen molar-refractivity contribution in [2.24, 2.45) is 5.92 Å². The summed E-state index contributed by atoms with van der Waals surface area (Å²) in [6.45, 7) is 4.56. The van der Waals surface area contributed by atoms with E-state index in [4.69, 9.17) is 4.74 Å². The third-order valence-corrected chi connectivity index (χ3v) is 6.22. The largest absolute Gasteiger partial charge is 0.492 e. The molecule has 1 amide bonds. The van der Waals surface area contributed by atoms with Crippen LogP contribution in [-0.4, -0.2) is 22.1 Å².